The Balaban J connectivity index is 2.63. The zero-order valence-corrected chi connectivity index (χ0v) is 13.0. The number of nitrogens with one attached hydrogen (secondary N) is 1. The van der Waals surface area contributed by atoms with Crippen molar-refractivity contribution < 1.29 is 9.53 Å². The Morgan fingerprint density at radius 1 is 1.29 bits per heavy atom. The molecule has 1 amide bonds. The Hall–Kier alpha value is -2.23. The Morgan fingerprint density at radius 3 is 2.48 bits per heavy atom. The van der Waals surface area contributed by atoms with Crippen molar-refractivity contribution in [2.75, 3.05) is 6.61 Å². The normalized spacial score (nSPS) is 12.1. The first-order valence-corrected chi connectivity index (χ1v) is 7.21. The number of carbonyl (C=O) groups excluding carboxylic acids is 1. The lowest BCUT2D eigenvalue weighted by Gasteiger charge is -2.08. The highest BCUT2D eigenvalue weighted by Gasteiger charge is 2.08. The van der Waals surface area contributed by atoms with Crippen LogP contribution < -0.4 is 15.8 Å². The van der Waals surface area contributed by atoms with E-state index >= 15 is 0 Å². The summed E-state index contributed by atoms with van der Waals surface area (Å²) in [6.45, 7) is 6.79. The molecule has 1 aromatic rings. The molecule has 0 aromatic heterocycles. The first-order chi connectivity index (χ1) is 10.1. The third kappa shape index (κ3) is 5.73. The minimum Gasteiger partial charge on any atom is -0.494 e. The molecule has 4 nitrogen and oxygen atoms in total. The molecule has 21 heavy (non-hydrogen) atoms. The summed E-state index contributed by atoms with van der Waals surface area (Å²) in [6, 6.07) is 7.66. The van der Waals surface area contributed by atoms with Crippen molar-refractivity contribution in [3.05, 3.63) is 53.3 Å². The van der Waals surface area contributed by atoms with Gasteiger partial charge in [-0.1, -0.05) is 31.2 Å². The largest absolute Gasteiger partial charge is 0.494 e. The van der Waals surface area contributed by atoms with Crippen molar-refractivity contribution in [1.29, 1.82) is 0 Å². The van der Waals surface area contributed by atoms with Crippen LogP contribution in [0.2, 0.25) is 0 Å². The molecule has 4 heteroatoms. The van der Waals surface area contributed by atoms with E-state index in [9.17, 15) is 4.79 Å². The molecule has 1 rings (SSSR count). The Bertz CT molecular complexity index is 512. The predicted molar refractivity (Wildman–Crippen MR) is 85.8 cm³/mol. The fourth-order valence-corrected chi connectivity index (χ4v) is 1.77. The number of ether oxygens (including phenoxy) is 1. The van der Waals surface area contributed by atoms with Gasteiger partial charge in [0.2, 0.25) is 0 Å². The summed E-state index contributed by atoms with van der Waals surface area (Å²) in [5.41, 5.74) is 7.80. The smallest absolute Gasteiger partial charge is 0.253 e. The van der Waals surface area contributed by atoms with E-state index in [2.05, 4.69) is 5.32 Å². The molecule has 0 aliphatic heterocycles. The number of hydrogen-bond acceptors (Lipinski definition) is 3. The molecule has 0 saturated carbocycles. The van der Waals surface area contributed by atoms with E-state index in [1.807, 2.05) is 44.2 Å². The van der Waals surface area contributed by atoms with E-state index in [1.54, 1.807) is 13.0 Å². The maximum Gasteiger partial charge on any atom is 0.253 e. The second kappa shape index (κ2) is 8.84. The number of amides is 1. The van der Waals surface area contributed by atoms with Crippen LogP contribution in [-0.2, 0) is 11.3 Å². The summed E-state index contributed by atoms with van der Waals surface area (Å²) in [7, 11) is 0. The lowest BCUT2D eigenvalue weighted by atomic mass is 10.1. The number of hydrogen-bond donors (Lipinski definition) is 2. The third-order valence-corrected chi connectivity index (χ3v) is 2.88. The summed E-state index contributed by atoms with van der Waals surface area (Å²) in [5, 5.41) is 2.87. The van der Waals surface area contributed by atoms with Crippen molar-refractivity contribution in [3.8, 4) is 5.75 Å². The first kappa shape index (κ1) is 16.8. The topological polar surface area (TPSA) is 64.3 Å². The monoisotopic (exact) mass is 288 g/mol. The van der Waals surface area contributed by atoms with Crippen molar-refractivity contribution in [2.45, 2.75) is 33.7 Å². The highest BCUT2D eigenvalue weighted by Crippen LogP contribution is 2.12. The molecule has 0 bridgehead atoms. The second-order valence-electron chi connectivity index (χ2n) is 4.67. The van der Waals surface area contributed by atoms with Crippen LogP contribution in [0.1, 0.15) is 32.8 Å². The molecule has 0 heterocycles. The predicted octanol–water partition coefficient (Wildman–Crippen LogP) is 2.90. The van der Waals surface area contributed by atoms with Crippen LogP contribution in [0.4, 0.5) is 0 Å². The van der Waals surface area contributed by atoms with Gasteiger partial charge < -0.3 is 15.8 Å². The molecular formula is C17H24N2O2. The van der Waals surface area contributed by atoms with E-state index in [4.69, 9.17) is 10.5 Å². The summed E-state index contributed by atoms with van der Waals surface area (Å²) < 4.78 is 5.38. The van der Waals surface area contributed by atoms with Gasteiger partial charge in [-0.2, -0.15) is 0 Å². The average Bonchev–Trinajstić information content (AvgIpc) is 2.47. The van der Waals surface area contributed by atoms with Gasteiger partial charge in [0.25, 0.3) is 5.91 Å². The van der Waals surface area contributed by atoms with Crippen LogP contribution in [0, 0.1) is 0 Å². The summed E-state index contributed by atoms with van der Waals surface area (Å²) >= 11 is 0. The quantitative estimate of drug-likeness (QED) is 0.599. The van der Waals surface area contributed by atoms with Crippen LogP contribution in [0.25, 0.3) is 0 Å². The summed E-state index contributed by atoms with van der Waals surface area (Å²) in [5.74, 6) is 0.672. The van der Waals surface area contributed by atoms with Crippen LogP contribution in [0.5, 0.6) is 5.75 Å². The van der Waals surface area contributed by atoms with Gasteiger partial charge in [-0.15, -0.1) is 0 Å². The van der Waals surface area contributed by atoms with Crippen LogP contribution >= 0.6 is 0 Å². The molecule has 0 atom stereocenters. The zero-order valence-electron chi connectivity index (χ0n) is 13.0. The maximum absolute atomic E-state index is 12.1. The number of benzene rings is 1. The Labute approximate surface area is 126 Å². The molecule has 3 N–H and O–H groups in total. The molecule has 0 fully saturated rings. The number of rotatable bonds is 7. The fourth-order valence-electron chi connectivity index (χ4n) is 1.77. The van der Waals surface area contributed by atoms with Crippen molar-refractivity contribution >= 4 is 5.91 Å². The standard InChI is InChI=1S/C17H24N2O2/c1-4-6-7-16(13(3)18)17(20)19-12-14-8-10-15(11-9-14)21-5-2/h6-11H,4-5,12,18H2,1-3H3,(H,19,20)/b7-6-,16-13-. The van der Waals surface area contributed by atoms with Gasteiger partial charge in [0, 0.05) is 12.2 Å². The van der Waals surface area contributed by atoms with Gasteiger partial charge in [-0.25, -0.2) is 0 Å². The van der Waals surface area contributed by atoms with E-state index in [1.165, 1.54) is 0 Å². The molecule has 0 saturated heterocycles. The molecular weight excluding hydrogens is 264 g/mol. The molecule has 0 spiro atoms. The average molecular weight is 288 g/mol. The fraction of sp³-hybridized carbons (Fsp3) is 0.353. The van der Waals surface area contributed by atoms with Crippen molar-refractivity contribution in [1.82, 2.24) is 5.32 Å². The van der Waals surface area contributed by atoms with Crippen LogP contribution in [-0.4, -0.2) is 12.5 Å². The maximum atomic E-state index is 12.1. The van der Waals surface area contributed by atoms with Gasteiger partial charge in [0.05, 0.1) is 12.2 Å². The second-order valence-corrected chi connectivity index (χ2v) is 4.67. The van der Waals surface area contributed by atoms with E-state index in [0.717, 1.165) is 17.7 Å². The molecule has 0 unspecified atom stereocenters. The van der Waals surface area contributed by atoms with Gasteiger partial charge in [0.15, 0.2) is 0 Å². The summed E-state index contributed by atoms with van der Waals surface area (Å²) in [6.07, 6.45) is 4.55. The van der Waals surface area contributed by atoms with Crippen molar-refractivity contribution in [2.24, 2.45) is 5.73 Å². The highest BCUT2D eigenvalue weighted by atomic mass is 16.5. The van der Waals surface area contributed by atoms with Gasteiger partial charge in [-0.05, 0) is 38.0 Å². The SMILES string of the molecule is CC/C=C\C(C(=O)NCc1ccc(OCC)cc1)=C(/C)N. The van der Waals surface area contributed by atoms with Crippen LogP contribution in [0.15, 0.2) is 47.7 Å². The Kier molecular flexibility index (Phi) is 7.09. The molecule has 0 aliphatic carbocycles. The highest BCUT2D eigenvalue weighted by molar-refractivity contribution is 5.96. The minimum atomic E-state index is -0.159. The van der Waals surface area contributed by atoms with Crippen molar-refractivity contribution in [3.63, 3.8) is 0 Å². The van der Waals surface area contributed by atoms with Crippen LogP contribution in [0.3, 0.4) is 0 Å². The van der Waals surface area contributed by atoms with E-state index in [-0.39, 0.29) is 5.91 Å². The molecule has 114 valence electrons. The number of carbonyl (C=O) groups is 1. The minimum absolute atomic E-state index is 0.159. The molecule has 0 radical (unpaired) electrons. The Morgan fingerprint density at radius 2 is 1.95 bits per heavy atom. The summed E-state index contributed by atoms with van der Waals surface area (Å²) in [4.78, 5) is 12.1. The lowest BCUT2D eigenvalue weighted by Crippen LogP contribution is -2.25. The number of nitrogens with two attached hydrogens (primary N) is 1. The first-order valence-electron chi connectivity index (χ1n) is 7.21. The molecule has 1 aromatic carbocycles. The number of allylic oxidation sites excluding steroid dienone is 2. The molecule has 0 aliphatic rings. The van der Waals surface area contributed by atoms with E-state index < -0.39 is 0 Å². The van der Waals surface area contributed by atoms with E-state index in [0.29, 0.717) is 24.4 Å². The van der Waals surface area contributed by atoms with Gasteiger partial charge >= 0.3 is 0 Å². The zero-order chi connectivity index (χ0) is 15.7. The third-order valence-electron chi connectivity index (χ3n) is 2.88. The van der Waals surface area contributed by atoms with Gasteiger partial charge in [-0.3, -0.25) is 4.79 Å². The lowest BCUT2D eigenvalue weighted by molar-refractivity contribution is -0.117. The van der Waals surface area contributed by atoms with Gasteiger partial charge in [0.1, 0.15) is 5.75 Å².